The molecule has 0 rings (SSSR count). The summed E-state index contributed by atoms with van der Waals surface area (Å²) in [5.74, 6) is 1.90. The van der Waals surface area contributed by atoms with Gasteiger partial charge in [0.15, 0.2) is 0 Å². The van der Waals surface area contributed by atoms with E-state index < -0.39 is 8.32 Å². The van der Waals surface area contributed by atoms with E-state index >= 15 is 0 Å². The van der Waals surface area contributed by atoms with Crippen LogP contribution in [0, 0.1) is 5.92 Å². The normalized spacial score (nSPS) is 14.0. The average molecular weight is 325 g/mol. The lowest BCUT2D eigenvalue weighted by atomic mass is 9.99. The van der Waals surface area contributed by atoms with Crippen molar-refractivity contribution in [1.82, 2.24) is 0 Å². The van der Waals surface area contributed by atoms with Gasteiger partial charge in [0, 0.05) is 12.8 Å². The van der Waals surface area contributed by atoms with Crippen molar-refractivity contribution in [2.75, 3.05) is 0 Å². The van der Waals surface area contributed by atoms with Gasteiger partial charge >= 0.3 is 0 Å². The summed E-state index contributed by atoms with van der Waals surface area (Å²) in [6.07, 6.45) is 9.69. The van der Waals surface area contributed by atoms with E-state index in [2.05, 4.69) is 59.0 Å². The van der Waals surface area contributed by atoms with Crippen LogP contribution in [0.4, 0.5) is 0 Å². The van der Waals surface area contributed by atoms with Crippen molar-refractivity contribution < 1.29 is 9.22 Å². The molecular weight excluding hydrogens is 288 g/mol. The topological polar surface area (TPSA) is 26.3 Å². The number of Topliss-reactive ketones (excluding diaryl/α,β-unsaturated/α-hetero) is 1. The number of hydrogen-bond donors (Lipinski definition) is 0. The Morgan fingerprint density at radius 1 is 1.18 bits per heavy atom. The van der Waals surface area contributed by atoms with Gasteiger partial charge in [-0.25, -0.2) is 0 Å². The van der Waals surface area contributed by atoms with Gasteiger partial charge in [-0.3, -0.25) is 0 Å². The fourth-order valence-electron chi connectivity index (χ4n) is 2.18. The molecule has 0 aliphatic heterocycles. The van der Waals surface area contributed by atoms with Gasteiger partial charge in [-0.05, 0) is 56.8 Å². The first kappa shape index (κ1) is 21.2. The first-order chi connectivity index (χ1) is 10.0. The minimum atomic E-state index is -1.87. The summed E-state index contributed by atoms with van der Waals surface area (Å²) in [5, 5.41) is 0.202. The molecule has 22 heavy (non-hydrogen) atoms. The first-order valence-electron chi connectivity index (χ1n) is 8.53. The van der Waals surface area contributed by atoms with Gasteiger partial charge in [0.2, 0.25) is 0 Å². The third-order valence-electron chi connectivity index (χ3n) is 5.04. The third kappa shape index (κ3) is 6.95. The second kappa shape index (κ2) is 9.34. The molecule has 0 unspecified atom stereocenters. The van der Waals surface area contributed by atoms with Crippen molar-refractivity contribution in [2.45, 2.75) is 85.4 Å². The molecule has 2 nitrogen and oxygen atoms in total. The van der Waals surface area contributed by atoms with Crippen LogP contribution in [0.2, 0.25) is 18.1 Å². The molecule has 0 saturated heterocycles. The Balaban J connectivity index is 5.04. The second-order valence-electron chi connectivity index (χ2n) is 7.51. The van der Waals surface area contributed by atoms with Gasteiger partial charge in [-0.2, -0.15) is 0 Å². The van der Waals surface area contributed by atoms with Crippen LogP contribution in [0.1, 0.15) is 67.2 Å². The van der Waals surface area contributed by atoms with Crippen molar-refractivity contribution in [3.05, 3.63) is 24.0 Å². The van der Waals surface area contributed by atoms with Crippen LogP contribution in [0.25, 0.3) is 0 Å². The summed E-state index contributed by atoms with van der Waals surface area (Å²) in [6, 6.07) is 0. The van der Waals surface area contributed by atoms with E-state index in [0.717, 1.165) is 25.0 Å². The first-order valence-corrected chi connectivity index (χ1v) is 11.4. The molecule has 0 heterocycles. The van der Waals surface area contributed by atoms with Crippen molar-refractivity contribution in [2.24, 2.45) is 5.92 Å². The quantitative estimate of drug-likeness (QED) is 0.269. The van der Waals surface area contributed by atoms with Gasteiger partial charge in [-0.1, -0.05) is 39.8 Å². The molecule has 0 aliphatic carbocycles. The van der Waals surface area contributed by atoms with Gasteiger partial charge in [0.25, 0.3) is 8.32 Å². The highest BCUT2D eigenvalue weighted by molar-refractivity contribution is 6.74. The van der Waals surface area contributed by atoms with Crippen LogP contribution in [-0.2, 0) is 9.22 Å². The molecule has 0 N–H and O–H groups in total. The minimum Gasteiger partial charge on any atom is -0.547 e. The van der Waals surface area contributed by atoms with Crippen LogP contribution in [-0.4, -0.2) is 14.1 Å². The Kier molecular flexibility index (Phi) is 8.98. The monoisotopic (exact) mass is 324 g/mol. The maximum atomic E-state index is 11.1. The Morgan fingerprint density at radius 3 is 2.23 bits per heavy atom. The number of carbonyl (C=O) groups excluding carboxylic acids is 1. The van der Waals surface area contributed by atoms with E-state index in [4.69, 9.17) is 4.43 Å². The number of allylic oxidation sites excluding steroid dienone is 4. The molecule has 0 atom stereocenters. The molecule has 0 aliphatic rings. The molecule has 0 radical (unpaired) electrons. The van der Waals surface area contributed by atoms with Crippen LogP contribution >= 0.6 is 0 Å². The number of hydrogen-bond acceptors (Lipinski definition) is 2. The molecular formula is C19H36O2Si. The third-order valence-corrected chi connectivity index (χ3v) is 9.50. The summed E-state index contributed by atoms with van der Waals surface area (Å²) in [6.45, 7) is 17.5. The molecule has 0 amide bonds. The lowest BCUT2D eigenvalue weighted by molar-refractivity contribution is -0.116. The van der Waals surface area contributed by atoms with E-state index in [0.29, 0.717) is 12.3 Å². The van der Waals surface area contributed by atoms with Gasteiger partial charge in [0.05, 0.1) is 5.76 Å². The fraction of sp³-hybridized carbons (Fsp3) is 0.737. The Bertz CT molecular complexity index is 404. The van der Waals surface area contributed by atoms with Gasteiger partial charge in [0.1, 0.15) is 5.78 Å². The van der Waals surface area contributed by atoms with E-state index in [9.17, 15) is 4.79 Å². The molecule has 0 spiro atoms. The molecule has 128 valence electrons. The molecule has 0 aromatic heterocycles. The maximum absolute atomic E-state index is 11.1. The van der Waals surface area contributed by atoms with Crippen LogP contribution < -0.4 is 0 Å². The highest BCUT2D eigenvalue weighted by Gasteiger charge is 2.45. The zero-order valence-corrected chi connectivity index (χ0v) is 17.0. The fourth-order valence-corrected chi connectivity index (χ4v) is 4.67. The Hall–Kier alpha value is -0.833. The van der Waals surface area contributed by atoms with E-state index in [1.165, 1.54) is 0 Å². The SMILES string of the molecule is C/C=C/CC/C(=C\CCC(C)=O)O[Si](C)(C)C(C)(C)C(C)C. The summed E-state index contributed by atoms with van der Waals surface area (Å²) in [4.78, 5) is 11.1. The van der Waals surface area contributed by atoms with Crippen LogP contribution in [0.3, 0.4) is 0 Å². The lowest BCUT2D eigenvalue weighted by Gasteiger charge is -2.43. The smallest absolute Gasteiger partial charge is 0.250 e. The largest absolute Gasteiger partial charge is 0.547 e. The minimum absolute atomic E-state index is 0.202. The number of ketones is 1. The van der Waals surface area contributed by atoms with Crippen molar-refractivity contribution in [1.29, 1.82) is 0 Å². The van der Waals surface area contributed by atoms with Crippen molar-refractivity contribution in [3.63, 3.8) is 0 Å². The molecule has 3 heteroatoms. The van der Waals surface area contributed by atoms with E-state index in [-0.39, 0.29) is 10.8 Å². The highest BCUT2D eigenvalue weighted by Crippen LogP contribution is 2.45. The summed E-state index contributed by atoms with van der Waals surface area (Å²) in [5.41, 5.74) is 0. The van der Waals surface area contributed by atoms with Gasteiger partial charge in [-0.15, -0.1) is 0 Å². The van der Waals surface area contributed by atoms with Crippen molar-refractivity contribution >= 4 is 14.1 Å². The predicted octanol–water partition coefficient (Wildman–Crippen LogP) is 6.25. The van der Waals surface area contributed by atoms with Crippen LogP contribution in [0.5, 0.6) is 0 Å². The van der Waals surface area contributed by atoms with Gasteiger partial charge < -0.3 is 9.22 Å². The zero-order valence-electron chi connectivity index (χ0n) is 16.0. The molecule has 0 aromatic rings. The second-order valence-corrected chi connectivity index (χ2v) is 12.0. The van der Waals surface area contributed by atoms with Crippen molar-refractivity contribution in [3.8, 4) is 0 Å². The Morgan fingerprint density at radius 2 is 1.77 bits per heavy atom. The molecule has 0 bridgehead atoms. The average Bonchev–Trinajstić information content (AvgIpc) is 2.37. The molecule has 0 aromatic carbocycles. The molecule has 0 fully saturated rings. The van der Waals surface area contributed by atoms with Crippen LogP contribution in [0.15, 0.2) is 24.0 Å². The summed E-state index contributed by atoms with van der Waals surface area (Å²) >= 11 is 0. The van der Waals surface area contributed by atoms with E-state index in [1.807, 2.05) is 6.92 Å². The Labute approximate surface area is 139 Å². The standard InChI is InChI=1S/C19H36O2Si/c1-9-10-11-14-18(15-12-13-17(4)20)21-22(7,8)19(5,6)16(2)3/h9-10,15-16H,11-14H2,1-8H3/b10-9+,18-15+. The molecule has 0 saturated carbocycles. The summed E-state index contributed by atoms with van der Waals surface area (Å²) in [7, 11) is -1.87. The zero-order chi connectivity index (χ0) is 17.4. The van der Waals surface area contributed by atoms with E-state index in [1.54, 1.807) is 6.92 Å². The lowest BCUT2D eigenvalue weighted by Crippen LogP contribution is -2.45. The highest BCUT2D eigenvalue weighted by atomic mass is 28.4. The number of rotatable bonds is 10. The summed E-state index contributed by atoms with van der Waals surface area (Å²) < 4.78 is 6.55. The number of carbonyl (C=O) groups is 1. The predicted molar refractivity (Wildman–Crippen MR) is 99.5 cm³/mol. The maximum Gasteiger partial charge on any atom is 0.250 e.